The van der Waals surface area contributed by atoms with Gasteiger partial charge in [-0.25, -0.2) is 0 Å². The normalized spacial score (nSPS) is 13.4. The van der Waals surface area contributed by atoms with Gasteiger partial charge >= 0.3 is 0 Å². The number of nitrogens with two attached hydrogens (primary N) is 1. The first-order chi connectivity index (χ1) is 4.72. The molecule has 0 aliphatic heterocycles. The van der Waals surface area contributed by atoms with Crippen LogP contribution in [-0.4, -0.2) is 12.3 Å². The highest BCUT2D eigenvalue weighted by Crippen LogP contribution is 1.89. The van der Waals surface area contributed by atoms with Crippen LogP contribution in [0.15, 0.2) is 29.4 Å². The van der Waals surface area contributed by atoms with Crippen molar-refractivity contribution >= 4 is 5.71 Å². The lowest BCUT2D eigenvalue weighted by atomic mass is 10.3. The first-order valence-electron chi connectivity index (χ1n) is 3.32. The van der Waals surface area contributed by atoms with Gasteiger partial charge in [-0.3, -0.25) is 4.99 Å². The fraction of sp³-hybridized carbons (Fsp3) is 0.375. The Morgan fingerprint density at radius 3 is 2.70 bits per heavy atom. The number of aliphatic imine (C=N–C) groups is 1. The minimum absolute atomic E-state index is 0.692. The van der Waals surface area contributed by atoms with Gasteiger partial charge in [0.2, 0.25) is 0 Å². The second-order valence-corrected chi connectivity index (χ2v) is 1.92. The van der Waals surface area contributed by atoms with Crippen LogP contribution in [0.1, 0.15) is 13.8 Å². The lowest BCUT2D eigenvalue weighted by Gasteiger charge is -1.96. The smallest absolute Gasteiger partial charge is 0.0546 e. The highest BCUT2D eigenvalue weighted by molar-refractivity contribution is 5.97. The summed E-state index contributed by atoms with van der Waals surface area (Å²) in [5, 5.41) is 0. The van der Waals surface area contributed by atoms with Gasteiger partial charge in [0, 0.05) is 6.54 Å². The molecule has 56 valence electrons. The average molecular weight is 138 g/mol. The van der Waals surface area contributed by atoms with Crippen molar-refractivity contribution in [1.29, 1.82) is 0 Å². The van der Waals surface area contributed by atoms with E-state index in [0.29, 0.717) is 5.70 Å². The molecule has 0 aromatic carbocycles. The number of hydrogen-bond acceptors (Lipinski definition) is 2. The molecule has 2 heteroatoms. The van der Waals surface area contributed by atoms with E-state index in [1.807, 2.05) is 13.8 Å². The van der Waals surface area contributed by atoms with Crippen LogP contribution < -0.4 is 5.73 Å². The van der Waals surface area contributed by atoms with Crippen molar-refractivity contribution in [3.63, 3.8) is 0 Å². The lowest BCUT2D eigenvalue weighted by molar-refractivity contribution is 1.12. The van der Waals surface area contributed by atoms with Crippen molar-refractivity contribution < 1.29 is 0 Å². The molecule has 2 nitrogen and oxygen atoms in total. The molecule has 0 rings (SSSR count). The van der Waals surface area contributed by atoms with Gasteiger partial charge in [-0.15, -0.1) is 0 Å². The second kappa shape index (κ2) is 4.79. The van der Waals surface area contributed by atoms with Gasteiger partial charge in [0.05, 0.1) is 11.4 Å². The summed E-state index contributed by atoms with van der Waals surface area (Å²) < 4.78 is 0. The molecule has 0 saturated carbocycles. The highest BCUT2D eigenvalue weighted by atomic mass is 14.8. The van der Waals surface area contributed by atoms with Crippen LogP contribution in [0.2, 0.25) is 0 Å². The van der Waals surface area contributed by atoms with Crippen molar-refractivity contribution in [2.75, 3.05) is 6.54 Å². The Morgan fingerprint density at radius 1 is 1.70 bits per heavy atom. The molecular weight excluding hydrogens is 124 g/mol. The molecule has 0 spiro atoms. The summed E-state index contributed by atoms with van der Waals surface area (Å²) in [6.07, 6.45) is 3.40. The van der Waals surface area contributed by atoms with Crippen molar-refractivity contribution in [2.24, 2.45) is 10.7 Å². The van der Waals surface area contributed by atoms with E-state index in [1.165, 1.54) is 0 Å². The fourth-order valence-electron chi connectivity index (χ4n) is 0.576. The molecule has 0 amide bonds. The van der Waals surface area contributed by atoms with Crippen molar-refractivity contribution in [3.05, 3.63) is 24.4 Å². The molecule has 0 radical (unpaired) electrons. The summed E-state index contributed by atoms with van der Waals surface area (Å²) in [5.74, 6) is 0. The number of rotatable bonds is 3. The Morgan fingerprint density at radius 2 is 2.30 bits per heavy atom. The van der Waals surface area contributed by atoms with Gasteiger partial charge in [0.25, 0.3) is 0 Å². The standard InChI is InChI=1S/C8H14N2/c1-4-6-8(9)7(3)10-5-2/h4,6H,1,5,9H2,2-3H3/b8-6+,10-7?. The van der Waals surface area contributed by atoms with Gasteiger partial charge in [-0.2, -0.15) is 0 Å². The van der Waals surface area contributed by atoms with Crippen molar-refractivity contribution in [3.8, 4) is 0 Å². The van der Waals surface area contributed by atoms with E-state index in [0.717, 1.165) is 12.3 Å². The van der Waals surface area contributed by atoms with E-state index in [2.05, 4.69) is 11.6 Å². The number of allylic oxidation sites excluding steroid dienone is 3. The predicted molar refractivity (Wildman–Crippen MR) is 46.1 cm³/mol. The zero-order valence-electron chi connectivity index (χ0n) is 6.59. The maximum absolute atomic E-state index is 5.57. The SMILES string of the molecule is C=C/C=C(/N)C(C)=NCC. The second-order valence-electron chi connectivity index (χ2n) is 1.92. The molecule has 0 aromatic rings. The van der Waals surface area contributed by atoms with Crippen LogP contribution in [-0.2, 0) is 0 Å². The van der Waals surface area contributed by atoms with E-state index in [-0.39, 0.29) is 0 Å². The summed E-state index contributed by atoms with van der Waals surface area (Å²) in [5.41, 5.74) is 7.14. The van der Waals surface area contributed by atoms with Crippen LogP contribution in [0.25, 0.3) is 0 Å². The molecule has 2 N–H and O–H groups in total. The minimum atomic E-state index is 0.692. The maximum atomic E-state index is 5.57. The molecule has 0 aliphatic carbocycles. The molecule has 0 aliphatic rings. The number of hydrogen-bond donors (Lipinski definition) is 1. The summed E-state index contributed by atoms with van der Waals surface area (Å²) in [6.45, 7) is 8.17. The molecule has 0 atom stereocenters. The third kappa shape index (κ3) is 3.07. The van der Waals surface area contributed by atoms with E-state index in [1.54, 1.807) is 12.2 Å². The topological polar surface area (TPSA) is 38.4 Å². The maximum Gasteiger partial charge on any atom is 0.0546 e. The van der Waals surface area contributed by atoms with Gasteiger partial charge < -0.3 is 5.73 Å². The Labute approximate surface area is 62.1 Å². The van der Waals surface area contributed by atoms with E-state index < -0.39 is 0 Å². The molecule has 0 unspecified atom stereocenters. The Hall–Kier alpha value is -1.05. The minimum Gasteiger partial charge on any atom is -0.397 e. The summed E-state index contributed by atoms with van der Waals surface area (Å²) in [4.78, 5) is 4.12. The number of nitrogens with zero attached hydrogens (tertiary/aromatic N) is 1. The van der Waals surface area contributed by atoms with Gasteiger partial charge in [0.1, 0.15) is 0 Å². The lowest BCUT2D eigenvalue weighted by Crippen LogP contribution is -2.07. The Kier molecular flexibility index (Phi) is 4.29. The van der Waals surface area contributed by atoms with Crippen LogP contribution in [0.4, 0.5) is 0 Å². The first kappa shape index (κ1) is 8.95. The van der Waals surface area contributed by atoms with Gasteiger partial charge in [-0.1, -0.05) is 12.7 Å². The Bertz CT molecular complexity index is 166. The van der Waals surface area contributed by atoms with Gasteiger partial charge in [-0.05, 0) is 19.9 Å². The largest absolute Gasteiger partial charge is 0.397 e. The van der Waals surface area contributed by atoms with E-state index in [9.17, 15) is 0 Å². The first-order valence-corrected chi connectivity index (χ1v) is 3.32. The van der Waals surface area contributed by atoms with Gasteiger partial charge in [0.15, 0.2) is 0 Å². The van der Waals surface area contributed by atoms with Crippen LogP contribution >= 0.6 is 0 Å². The quantitative estimate of drug-likeness (QED) is 0.465. The predicted octanol–water partition coefficient (Wildman–Crippen LogP) is 1.50. The third-order valence-electron chi connectivity index (χ3n) is 1.11. The van der Waals surface area contributed by atoms with Crippen LogP contribution in [0.5, 0.6) is 0 Å². The van der Waals surface area contributed by atoms with Crippen molar-refractivity contribution in [1.82, 2.24) is 0 Å². The van der Waals surface area contributed by atoms with Crippen molar-refractivity contribution in [2.45, 2.75) is 13.8 Å². The highest BCUT2D eigenvalue weighted by Gasteiger charge is 1.90. The molecule has 0 aromatic heterocycles. The zero-order valence-corrected chi connectivity index (χ0v) is 6.59. The molecule has 0 heterocycles. The Balaban J connectivity index is 4.19. The van der Waals surface area contributed by atoms with E-state index in [4.69, 9.17) is 5.73 Å². The molecule has 0 saturated heterocycles. The molecule has 10 heavy (non-hydrogen) atoms. The fourth-order valence-corrected chi connectivity index (χ4v) is 0.576. The van der Waals surface area contributed by atoms with Crippen LogP contribution in [0.3, 0.4) is 0 Å². The molecular formula is C8H14N2. The zero-order chi connectivity index (χ0) is 7.98. The summed E-state index contributed by atoms with van der Waals surface area (Å²) in [7, 11) is 0. The summed E-state index contributed by atoms with van der Waals surface area (Å²) >= 11 is 0. The molecule has 0 bridgehead atoms. The van der Waals surface area contributed by atoms with Crippen LogP contribution in [0, 0.1) is 0 Å². The van der Waals surface area contributed by atoms with E-state index >= 15 is 0 Å². The molecule has 0 fully saturated rings. The summed E-state index contributed by atoms with van der Waals surface area (Å²) in [6, 6.07) is 0. The monoisotopic (exact) mass is 138 g/mol. The average Bonchev–Trinajstić information content (AvgIpc) is 1.89. The third-order valence-corrected chi connectivity index (χ3v) is 1.11.